The maximum Gasteiger partial charge on any atom is 0.151 e. The number of benzene rings is 4. The van der Waals surface area contributed by atoms with Gasteiger partial charge < -0.3 is 9.64 Å². The number of pyridine rings is 1. The first-order valence-corrected chi connectivity index (χ1v) is 11.0. The van der Waals surface area contributed by atoms with Crippen LogP contribution in [0.1, 0.15) is 5.56 Å². The monoisotopic (exact) mass is 437 g/mol. The van der Waals surface area contributed by atoms with Gasteiger partial charge in [0.05, 0.1) is 28.3 Å². The number of fused-ring (bicyclic) bond motifs is 2. The van der Waals surface area contributed by atoms with E-state index >= 15 is 0 Å². The van der Waals surface area contributed by atoms with Crippen LogP contribution in [0.4, 0.5) is 17.1 Å². The molecular weight excluding hydrogens is 418 g/mol. The van der Waals surface area contributed by atoms with E-state index in [4.69, 9.17) is 10.00 Å². The van der Waals surface area contributed by atoms with Crippen molar-refractivity contribution >= 4 is 17.1 Å². The lowest BCUT2D eigenvalue weighted by molar-refractivity contribution is 0.477. The summed E-state index contributed by atoms with van der Waals surface area (Å²) in [5.74, 6) is 1.66. The molecule has 0 spiro atoms. The molecule has 0 saturated heterocycles. The SMILES string of the molecule is N#Cc1ccc(-c2ccc(-c3ccccc3N3c4ccccc4Oc4ccccc43)cc2)nc1. The smallest absolute Gasteiger partial charge is 0.151 e. The lowest BCUT2D eigenvalue weighted by Gasteiger charge is -2.34. The molecule has 4 nitrogen and oxygen atoms in total. The first kappa shape index (κ1) is 19.8. The molecule has 0 aliphatic carbocycles. The summed E-state index contributed by atoms with van der Waals surface area (Å²) in [4.78, 5) is 6.68. The van der Waals surface area contributed by atoms with Gasteiger partial charge >= 0.3 is 0 Å². The minimum Gasteiger partial charge on any atom is -0.453 e. The molecule has 1 aliphatic heterocycles. The highest BCUT2D eigenvalue weighted by atomic mass is 16.5. The summed E-state index contributed by atoms with van der Waals surface area (Å²) >= 11 is 0. The summed E-state index contributed by atoms with van der Waals surface area (Å²) in [5.41, 5.74) is 7.72. The molecule has 0 atom stereocenters. The highest BCUT2D eigenvalue weighted by molar-refractivity contribution is 5.93. The van der Waals surface area contributed by atoms with Gasteiger partial charge in [-0.1, -0.05) is 66.7 Å². The number of hydrogen-bond acceptors (Lipinski definition) is 4. The second kappa shape index (κ2) is 8.23. The van der Waals surface area contributed by atoms with Crippen LogP contribution >= 0.6 is 0 Å². The molecule has 5 aromatic rings. The molecule has 0 bridgehead atoms. The highest BCUT2D eigenvalue weighted by Gasteiger charge is 2.26. The maximum atomic E-state index is 9.02. The Balaban J connectivity index is 1.45. The summed E-state index contributed by atoms with van der Waals surface area (Å²) < 4.78 is 6.19. The van der Waals surface area contributed by atoms with Gasteiger partial charge in [0.1, 0.15) is 6.07 Å². The number of para-hydroxylation sites is 5. The molecule has 0 saturated carbocycles. The third-order valence-corrected chi connectivity index (χ3v) is 5.96. The lowest BCUT2D eigenvalue weighted by atomic mass is 9.99. The van der Waals surface area contributed by atoms with Crippen LogP contribution in [0.3, 0.4) is 0 Å². The van der Waals surface area contributed by atoms with E-state index in [-0.39, 0.29) is 0 Å². The molecule has 0 unspecified atom stereocenters. The number of hydrogen-bond donors (Lipinski definition) is 0. The standard InChI is InChI=1S/C30H19N3O/c31-19-21-13-18-25(32-20-21)23-16-14-22(15-17-23)24-7-1-2-8-26(24)33-27-9-3-5-11-29(27)34-30-12-6-4-10-28(30)33/h1-18,20H. The van der Waals surface area contributed by atoms with Gasteiger partial charge in [-0.15, -0.1) is 0 Å². The normalized spacial score (nSPS) is 11.7. The van der Waals surface area contributed by atoms with E-state index < -0.39 is 0 Å². The van der Waals surface area contributed by atoms with Crippen LogP contribution in [-0.2, 0) is 0 Å². The van der Waals surface area contributed by atoms with E-state index in [0.717, 1.165) is 50.9 Å². The van der Waals surface area contributed by atoms with Crippen LogP contribution in [0.15, 0.2) is 115 Å². The lowest BCUT2D eigenvalue weighted by Crippen LogP contribution is -2.16. The quantitative estimate of drug-likeness (QED) is 0.283. The molecule has 6 rings (SSSR count). The summed E-state index contributed by atoms with van der Waals surface area (Å²) in [6.45, 7) is 0. The maximum absolute atomic E-state index is 9.02. The number of nitriles is 1. The number of ether oxygens (including phenoxy) is 1. The molecule has 4 heteroatoms. The van der Waals surface area contributed by atoms with Crippen LogP contribution in [0, 0.1) is 11.3 Å². The third-order valence-electron chi connectivity index (χ3n) is 5.96. The fourth-order valence-corrected chi connectivity index (χ4v) is 4.33. The summed E-state index contributed by atoms with van der Waals surface area (Å²) in [7, 11) is 0. The molecule has 0 fully saturated rings. The average molecular weight is 438 g/mol. The second-order valence-corrected chi connectivity index (χ2v) is 8.01. The Bertz CT molecular complexity index is 1490. The Labute approximate surface area is 198 Å². The molecule has 1 aromatic heterocycles. The van der Waals surface area contributed by atoms with E-state index in [2.05, 4.69) is 76.6 Å². The van der Waals surface area contributed by atoms with Crippen molar-refractivity contribution in [2.45, 2.75) is 0 Å². The van der Waals surface area contributed by atoms with Crippen molar-refractivity contribution in [1.82, 2.24) is 4.98 Å². The third kappa shape index (κ3) is 3.37. The zero-order valence-corrected chi connectivity index (χ0v) is 18.2. The Morgan fingerprint density at radius 3 is 1.82 bits per heavy atom. The molecule has 1 aliphatic rings. The minimum atomic E-state index is 0.556. The average Bonchev–Trinajstić information content (AvgIpc) is 2.92. The fourth-order valence-electron chi connectivity index (χ4n) is 4.33. The van der Waals surface area contributed by atoms with Crippen molar-refractivity contribution < 1.29 is 4.74 Å². The van der Waals surface area contributed by atoms with E-state index in [9.17, 15) is 0 Å². The van der Waals surface area contributed by atoms with Crippen LogP contribution in [-0.4, -0.2) is 4.98 Å². The summed E-state index contributed by atoms with van der Waals surface area (Å²) in [6.07, 6.45) is 1.60. The second-order valence-electron chi connectivity index (χ2n) is 8.01. The van der Waals surface area contributed by atoms with Crippen LogP contribution in [0.5, 0.6) is 11.5 Å². The Hall–Kier alpha value is -4.88. The topological polar surface area (TPSA) is 49.2 Å². The molecule has 4 aromatic carbocycles. The summed E-state index contributed by atoms with van der Waals surface area (Å²) in [5, 5.41) is 9.02. The van der Waals surface area contributed by atoms with E-state index in [1.165, 1.54) is 0 Å². The number of aromatic nitrogens is 1. The van der Waals surface area contributed by atoms with Gasteiger partial charge in [-0.2, -0.15) is 5.26 Å². The van der Waals surface area contributed by atoms with Crippen LogP contribution < -0.4 is 9.64 Å². The molecule has 2 heterocycles. The molecule has 0 N–H and O–H groups in total. The first-order chi connectivity index (χ1) is 16.8. The Morgan fingerprint density at radius 1 is 0.618 bits per heavy atom. The van der Waals surface area contributed by atoms with Crippen molar-refractivity contribution in [3.8, 4) is 40.0 Å². The molecule has 0 amide bonds. The highest BCUT2D eigenvalue weighted by Crippen LogP contribution is 2.51. The van der Waals surface area contributed by atoms with Crippen molar-refractivity contribution in [2.24, 2.45) is 0 Å². The van der Waals surface area contributed by atoms with Crippen LogP contribution in [0.2, 0.25) is 0 Å². The van der Waals surface area contributed by atoms with Crippen molar-refractivity contribution in [1.29, 1.82) is 5.26 Å². The number of rotatable bonds is 3. The zero-order chi connectivity index (χ0) is 22.9. The van der Waals surface area contributed by atoms with Gasteiger partial charge in [-0.25, -0.2) is 0 Å². The van der Waals surface area contributed by atoms with Gasteiger partial charge in [-0.3, -0.25) is 4.98 Å². The van der Waals surface area contributed by atoms with Crippen LogP contribution in [0.25, 0.3) is 22.4 Å². The summed E-state index contributed by atoms with van der Waals surface area (Å²) in [6, 6.07) is 38.8. The van der Waals surface area contributed by atoms with Gasteiger partial charge in [0.25, 0.3) is 0 Å². The first-order valence-electron chi connectivity index (χ1n) is 11.0. The molecule has 34 heavy (non-hydrogen) atoms. The van der Waals surface area contributed by atoms with Gasteiger partial charge in [0.15, 0.2) is 11.5 Å². The van der Waals surface area contributed by atoms with Gasteiger partial charge in [0, 0.05) is 17.3 Å². The largest absolute Gasteiger partial charge is 0.453 e. The number of nitrogens with zero attached hydrogens (tertiary/aromatic N) is 3. The zero-order valence-electron chi connectivity index (χ0n) is 18.2. The van der Waals surface area contributed by atoms with E-state index in [1.54, 1.807) is 12.3 Å². The van der Waals surface area contributed by atoms with Gasteiger partial charge in [0.2, 0.25) is 0 Å². The molecule has 160 valence electrons. The Morgan fingerprint density at radius 2 is 1.21 bits per heavy atom. The predicted octanol–water partition coefficient (Wildman–Crippen LogP) is 7.86. The molecular formula is C30H19N3O. The Kier molecular flexibility index (Phi) is 4.79. The van der Waals surface area contributed by atoms with E-state index in [1.807, 2.05) is 42.5 Å². The minimum absolute atomic E-state index is 0.556. The number of anilines is 3. The van der Waals surface area contributed by atoms with Crippen molar-refractivity contribution in [3.63, 3.8) is 0 Å². The fraction of sp³-hybridized carbons (Fsp3) is 0. The molecule has 0 radical (unpaired) electrons. The van der Waals surface area contributed by atoms with Crippen molar-refractivity contribution in [2.75, 3.05) is 4.90 Å². The van der Waals surface area contributed by atoms with Gasteiger partial charge in [-0.05, 0) is 48.0 Å². The van der Waals surface area contributed by atoms with E-state index in [0.29, 0.717) is 5.56 Å². The predicted molar refractivity (Wildman–Crippen MR) is 135 cm³/mol. The van der Waals surface area contributed by atoms with Crippen molar-refractivity contribution in [3.05, 3.63) is 121 Å².